The van der Waals surface area contributed by atoms with E-state index in [0.29, 0.717) is 5.75 Å². The Balaban J connectivity index is 0.00000208. The fraction of sp³-hybridized carbons (Fsp3) is 0.167. The first-order valence-corrected chi connectivity index (χ1v) is 8.12. The van der Waals surface area contributed by atoms with E-state index in [0.717, 1.165) is 20.8 Å². The molecule has 0 aliphatic heterocycles. The molecule has 3 aromatic rings. The number of rotatable bonds is 5. The van der Waals surface area contributed by atoms with Gasteiger partial charge in [-0.1, -0.05) is 29.8 Å². The zero-order chi connectivity index (χ0) is 16.2. The van der Waals surface area contributed by atoms with E-state index in [1.165, 1.54) is 11.6 Å². The molecule has 0 saturated carbocycles. The van der Waals surface area contributed by atoms with Crippen LogP contribution in [0, 0.1) is 6.92 Å². The molecule has 24 heavy (non-hydrogen) atoms. The molecule has 0 atom stereocenters. The average molecular weight is 365 g/mol. The first kappa shape index (κ1) is 18.4. The van der Waals surface area contributed by atoms with Gasteiger partial charge in [-0.2, -0.15) is 0 Å². The van der Waals surface area contributed by atoms with Crippen LogP contribution in [0.4, 0.5) is 4.39 Å². The Bertz CT molecular complexity index is 846. The monoisotopic (exact) mass is 364 g/mol. The molecule has 6 heteroatoms. The van der Waals surface area contributed by atoms with Crippen molar-refractivity contribution in [1.29, 1.82) is 0 Å². The summed E-state index contributed by atoms with van der Waals surface area (Å²) in [6.07, 6.45) is 1.31. The molecule has 1 heterocycles. The van der Waals surface area contributed by atoms with Crippen molar-refractivity contribution in [3.8, 4) is 16.3 Å². The van der Waals surface area contributed by atoms with Gasteiger partial charge in [0.05, 0.1) is 10.2 Å². The Morgan fingerprint density at radius 2 is 2.00 bits per heavy atom. The van der Waals surface area contributed by atoms with Crippen LogP contribution in [0.25, 0.3) is 20.8 Å². The van der Waals surface area contributed by atoms with E-state index in [-0.39, 0.29) is 31.4 Å². The minimum Gasteiger partial charge on any atom is -0.486 e. The quantitative estimate of drug-likeness (QED) is 0.701. The SMILES string of the molecule is Cc1ccc(-c2nc3ccc(OCC(F)=CCN)cc3s2)cc1.Cl. The summed E-state index contributed by atoms with van der Waals surface area (Å²) in [6, 6.07) is 13.9. The molecule has 2 N–H and O–H groups in total. The Morgan fingerprint density at radius 1 is 1.25 bits per heavy atom. The Hall–Kier alpha value is -1.95. The van der Waals surface area contributed by atoms with Gasteiger partial charge in [0.25, 0.3) is 0 Å². The van der Waals surface area contributed by atoms with Crippen LogP contribution >= 0.6 is 23.7 Å². The molecule has 3 rings (SSSR count). The summed E-state index contributed by atoms with van der Waals surface area (Å²) in [7, 11) is 0. The molecule has 1 aromatic heterocycles. The minimum atomic E-state index is -0.364. The lowest BCUT2D eigenvalue weighted by atomic mass is 10.2. The maximum atomic E-state index is 13.3. The Labute approximate surface area is 150 Å². The summed E-state index contributed by atoms with van der Waals surface area (Å²) in [4.78, 5) is 4.64. The van der Waals surface area contributed by atoms with E-state index in [1.54, 1.807) is 17.4 Å². The standard InChI is InChI=1S/C18H17FN2OS.ClH/c1-12-2-4-13(5-3-12)18-21-16-7-6-15(10-17(16)23-18)22-11-14(19)8-9-20;/h2-8,10H,9,11,20H2,1H3;1H. The number of nitrogens with zero attached hydrogens (tertiary/aromatic N) is 1. The first-order valence-electron chi connectivity index (χ1n) is 7.31. The lowest BCUT2D eigenvalue weighted by molar-refractivity contribution is 0.318. The van der Waals surface area contributed by atoms with Crippen molar-refractivity contribution in [2.24, 2.45) is 5.73 Å². The van der Waals surface area contributed by atoms with Crippen molar-refractivity contribution < 1.29 is 9.13 Å². The number of aromatic nitrogens is 1. The maximum Gasteiger partial charge on any atom is 0.139 e. The molecule has 0 amide bonds. The van der Waals surface area contributed by atoms with E-state index in [4.69, 9.17) is 10.5 Å². The highest BCUT2D eigenvalue weighted by molar-refractivity contribution is 7.21. The van der Waals surface area contributed by atoms with Crippen LogP contribution in [0.15, 0.2) is 54.4 Å². The largest absolute Gasteiger partial charge is 0.486 e. The summed E-state index contributed by atoms with van der Waals surface area (Å²) in [5, 5.41) is 0.964. The van der Waals surface area contributed by atoms with Gasteiger partial charge in [0.15, 0.2) is 0 Å². The highest BCUT2D eigenvalue weighted by atomic mass is 35.5. The first-order chi connectivity index (χ1) is 11.2. The number of benzene rings is 2. The van der Waals surface area contributed by atoms with Crippen molar-refractivity contribution in [1.82, 2.24) is 4.98 Å². The van der Waals surface area contributed by atoms with Crippen molar-refractivity contribution in [2.75, 3.05) is 13.2 Å². The van der Waals surface area contributed by atoms with Gasteiger partial charge < -0.3 is 10.5 Å². The van der Waals surface area contributed by atoms with Gasteiger partial charge in [-0.25, -0.2) is 9.37 Å². The normalized spacial score (nSPS) is 11.4. The number of hydrogen-bond donors (Lipinski definition) is 1. The molecule has 0 bridgehead atoms. The number of hydrogen-bond acceptors (Lipinski definition) is 4. The van der Waals surface area contributed by atoms with E-state index in [1.807, 2.05) is 12.1 Å². The van der Waals surface area contributed by atoms with Crippen LogP contribution < -0.4 is 10.5 Å². The van der Waals surface area contributed by atoms with Gasteiger partial charge in [0.1, 0.15) is 23.2 Å². The molecule has 0 aliphatic carbocycles. The van der Waals surface area contributed by atoms with E-state index < -0.39 is 0 Å². The fourth-order valence-electron chi connectivity index (χ4n) is 2.15. The van der Waals surface area contributed by atoms with E-state index in [2.05, 4.69) is 36.2 Å². The van der Waals surface area contributed by atoms with Crippen LogP contribution in [0.3, 0.4) is 0 Å². The molecule has 0 saturated heterocycles. The Morgan fingerprint density at radius 3 is 2.71 bits per heavy atom. The van der Waals surface area contributed by atoms with Crippen LogP contribution in [-0.4, -0.2) is 18.1 Å². The summed E-state index contributed by atoms with van der Waals surface area (Å²) < 4.78 is 19.8. The summed E-state index contributed by atoms with van der Waals surface area (Å²) in [5.41, 5.74) is 8.49. The minimum absolute atomic E-state index is 0. The number of thiazole rings is 1. The maximum absolute atomic E-state index is 13.3. The molecule has 0 fully saturated rings. The number of aryl methyl sites for hydroxylation is 1. The summed E-state index contributed by atoms with van der Waals surface area (Å²) >= 11 is 1.60. The summed E-state index contributed by atoms with van der Waals surface area (Å²) in [5.74, 6) is 0.259. The van der Waals surface area contributed by atoms with Gasteiger partial charge in [0, 0.05) is 12.1 Å². The lowest BCUT2D eigenvalue weighted by Gasteiger charge is -2.03. The molecule has 3 nitrogen and oxygen atoms in total. The number of ether oxygens (including phenoxy) is 1. The second kappa shape index (κ2) is 8.24. The zero-order valence-corrected chi connectivity index (χ0v) is 14.8. The van der Waals surface area contributed by atoms with Crippen molar-refractivity contribution in [3.63, 3.8) is 0 Å². The fourth-order valence-corrected chi connectivity index (χ4v) is 3.15. The molecule has 0 radical (unpaired) electrons. The molecular weight excluding hydrogens is 347 g/mol. The smallest absolute Gasteiger partial charge is 0.139 e. The predicted octanol–water partition coefficient (Wildman–Crippen LogP) is 4.88. The number of halogens is 2. The van der Waals surface area contributed by atoms with Gasteiger partial charge in [-0.15, -0.1) is 23.7 Å². The molecule has 0 spiro atoms. The topological polar surface area (TPSA) is 48.1 Å². The van der Waals surface area contributed by atoms with Crippen LogP contribution in [0.5, 0.6) is 5.75 Å². The highest BCUT2D eigenvalue weighted by Crippen LogP contribution is 2.32. The van der Waals surface area contributed by atoms with E-state index in [9.17, 15) is 4.39 Å². The predicted molar refractivity (Wildman–Crippen MR) is 101 cm³/mol. The van der Waals surface area contributed by atoms with Crippen molar-refractivity contribution in [2.45, 2.75) is 6.92 Å². The van der Waals surface area contributed by atoms with Gasteiger partial charge in [-0.3, -0.25) is 0 Å². The third-order valence-electron chi connectivity index (χ3n) is 3.37. The zero-order valence-electron chi connectivity index (χ0n) is 13.2. The number of nitrogens with two attached hydrogens (primary N) is 1. The van der Waals surface area contributed by atoms with Crippen LogP contribution in [-0.2, 0) is 0 Å². The highest BCUT2D eigenvalue weighted by Gasteiger charge is 2.07. The van der Waals surface area contributed by atoms with Crippen molar-refractivity contribution >= 4 is 34.0 Å². The number of fused-ring (bicyclic) bond motifs is 1. The van der Waals surface area contributed by atoms with Crippen LogP contribution in [0.1, 0.15) is 5.56 Å². The van der Waals surface area contributed by atoms with Gasteiger partial charge in [-0.05, 0) is 31.2 Å². The van der Waals surface area contributed by atoms with Gasteiger partial charge in [0.2, 0.25) is 0 Å². The Kier molecular flexibility index (Phi) is 6.31. The van der Waals surface area contributed by atoms with Crippen molar-refractivity contribution in [3.05, 3.63) is 59.9 Å². The summed E-state index contributed by atoms with van der Waals surface area (Å²) in [6.45, 7) is 2.12. The molecule has 2 aromatic carbocycles. The molecular formula is C18H18ClFN2OS. The average Bonchev–Trinajstić information content (AvgIpc) is 2.97. The molecule has 126 valence electrons. The molecule has 0 aliphatic rings. The third-order valence-corrected chi connectivity index (χ3v) is 4.44. The van der Waals surface area contributed by atoms with E-state index >= 15 is 0 Å². The third kappa shape index (κ3) is 4.32. The van der Waals surface area contributed by atoms with Gasteiger partial charge >= 0.3 is 0 Å². The second-order valence-corrected chi connectivity index (χ2v) is 6.22. The molecule has 0 unspecified atom stereocenters. The lowest BCUT2D eigenvalue weighted by Crippen LogP contribution is -2.01. The second-order valence-electron chi connectivity index (χ2n) is 5.19. The van der Waals surface area contributed by atoms with Crippen LogP contribution in [0.2, 0.25) is 0 Å².